The number of benzene rings is 1. The average Bonchev–Trinajstić information content (AvgIpc) is 3.14. The summed E-state index contributed by atoms with van der Waals surface area (Å²) in [5, 5.41) is 18.1. The van der Waals surface area contributed by atoms with Crippen molar-refractivity contribution >= 4 is 5.95 Å². The smallest absolute Gasteiger partial charge is 0.222 e. The Bertz CT molecular complexity index is 822. The summed E-state index contributed by atoms with van der Waals surface area (Å²) in [6, 6.07) is 11.8. The molecule has 1 aliphatic heterocycles. The van der Waals surface area contributed by atoms with Crippen LogP contribution in [0, 0.1) is 0 Å². The van der Waals surface area contributed by atoms with Crippen molar-refractivity contribution in [1.82, 2.24) is 24.6 Å². The molecule has 0 bridgehead atoms. The second-order valence-corrected chi connectivity index (χ2v) is 6.54. The lowest BCUT2D eigenvalue weighted by molar-refractivity contribution is 0.0559. The number of likely N-dealkylation sites (tertiary alicyclic amines) is 1. The molecule has 2 aromatic heterocycles. The van der Waals surface area contributed by atoms with Crippen LogP contribution < -0.4 is 5.32 Å². The van der Waals surface area contributed by atoms with Gasteiger partial charge in [-0.25, -0.2) is 14.6 Å². The minimum Gasteiger partial charge on any atom is -0.390 e. The molecule has 134 valence electrons. The van der Waals surface area contributed by atoms with Gasteiger partial charge in [0, 0.05) is 43.8 Å². The number of para-hydroxylation sites is 1. The lowest BCUT2D eigenvalue weighted by Gasteiger charge is -2.36. The van der Waals surface area contributed by atoms with Gasteiger partial charge in [0.05, 0.1) is 24.0 Å². The van der Waals surface area contributed by atoms with Gasteiger partial charge in [-0.05, 0) is 24.6 Å². The number of aliphatic hydroxyl groups excluding tert-OH is 1. The highest BCUT2D eigenvalue weighted by Gasteiger charge is 2.28. The zero-order valence-corrected chi connectivity index (χ0v) is 14.4. The molecule has 1 fully saturated rings. The van der Waals surface area contributed by atoms with Gasteiger partial charge in [0.15, 0.2) is 0 Å². The van der Waals surface area contributed by atoms with E-state index >= 15 is 0 Å². The molecule has 1 aliphatic rings. The Morgan fingerprint density at radius 1 is 1.12 bits per heavy atom. The Balaban J connectivity index is 1.34. The van der Waals surface area contributed by atoms with Crippen molar-refractivity contribution in [2.45, 2.75) is 25.1 Å². The van der Waals surface area contributed by atoms with Crippen LogP contribution in [-0.4, -0.2) is 55.0 Å². The molecule has 26 heavy (non-hydrogen) atoms. The van der Waals surface area contributed by atoms with E-state index in [0.29, 0.717) is 12.5 Å². The second kappa shape index (κ2) is 7.63. The standard InChI is InChI=1S/C19H22N6O/c26-18-14-24(10-7-17(18)23-19-20-8-4-9-21-19)12-15-11-22-25(13-15)16-5-2-1-3-6-16/h1-6,8-9,11,13,17-18,26H,7,10,12,14H2,(H,20,21,23)/t17-,18-/m1/s1. The lowest BCUT2D eigenvalue weighted by atomic mass is 10.0. The van der Waals surface area contributed by atoms with E-state index in [-0.39, 0.29) is 6.04 Å². The first-order valence-corrected chi connectivity index (χ1v) is 8.81. The van der Waals surface area contributed by atoms with Crippen molar-refractivity contribution in [2.24, 2.45) is 0 Å². The number of hydrogen-bond acceptors (Lipinski definition) is 6. The van der Waals surface area contributed by atoms with Crippen molar-refractivity contribution in [3.8, 4) is 5.69 Å². The molecular formula is C19H22N6O. The van der Waals surface area contributed by atoms with Crippen LogP contribution in [-0.2, 0) is 6.54 Å². The molecule has 7 nitrogen and oxygen atoms in total. The van der Waals surface area contributed by atoms with Crippen LogP contribution in [0.5, 0.6) is 0 Å². The van der Waals surface area contributed by atoms with E-state index in [1.807, 2.05) is 47.4 Å². The highest BCUT2D eigenvalue weighted by atomic mass is 16.3. The number of nitrogens with one attached hydrogen (secondary N) is 1. The summed E-state index contributed by atoms with van der Waals surface area (Å²) in [6.45, 7) is 2.29. The molecule has 3 heterocycles. The molecule has 0 radical (unpaired) electrons. The predicted octanol–water partition coefficient (Wildman–Crippen LogP) is 1.71. The summed E-state index contributed by atoms with van der Waals surface area (Å²) in [6.07, 6.45) is 7.71. The molecule has 0 spiro atoms. The number of aromatic nitrogens is 4. The van der Waals surface area contributed by atoms with Gasteiger partial charge >= 0.3 is 0 Å². The van der Waals surface area contributed by atoms with Crippen LogP contribution in [0.1, 0.15) is 12.0 Å². The zero-order chi connectivity index (χ0) is 17.8. The molecule has 0 saturated carbocycles. The Morgan fingerprint density at radius 3 is 2.69 bits per heavy atom. The van der Waals surface area contributed by atoms with Gasteiger partial charge in [0.2, 0.25) is 5.95 Å². The van der Waals surface area contributed by atoms with Crippen LogP contribution in [0.4, 0.5) is 5.95 Å². The number of aliphatic hydroxyl groups is 1. The van der Waals surface area contributed by atoms with E-state index in [1.54, 1.807) is 18.5 Å². The summed E-state index contributed by atoms with van der Waals surface area (Å²) < 4.78 is 1.88. The fraction of sp³-hybridized carbons (Fsp3) is 0.316. The molecule has 7 heteroatoms. The highest BCUT2D eigenvalue weighted by Crippen LogP contribution is 2.17. The van der Waals surface area contributed by atoms with E-state index in [0.717, 1.165) is 30.8 Å². The van der Waals surface area contributed by atoms with Crippen LogP contribution in [0.25, 0.3) is 5.69 Å². The van der Waals surface area contributed by atoms with E-state index in [9.17, 15) is 5.11 Å². The molecule has 4 rings (SSSR count). The summed E-state index contributed by atoms with van der Waals surface area (Å²) >= 11 is 0. The maximum absolute atomic E-state index is 10.5. The molecular weight excluding hydrogens is 328 g/mol. The topological polar surface area (TPSA) is 79.1 Å². The summed E-state index contributed by atoms with van der Waals surface area (Å²) in [7, 11) is 0. The molecule has 0 unspecified atom stereocenters. The third-order valence-corrected chi connectivity index (χ3v) is 4.61. The first-order valence-electron chi connectivity index (χ1n) is 8.81. The minimum atomic E-state index is -0.461. The van der Waals surface area contributed by atoms with E-state index in [1.165, 1.54) is 0 Å². The van der Waals surface area contributed by atoms with Crippen molar-refractivity contribution in [2.75, 3.05) is 18.4 Å². The summed E-state index contributed by atoms with van der Waals surface area (Å²) in [4.78, 5) is 10.6. The minimum absolute atomic E-state index is 0.0271. The van der Waals surface area contributed by atoms with Gasteiger partial charge in [-0.3, -0.25) is 4.90 Å². The van der Waals surface area contributed by atoms with Gasteiger partial charge in [0.1, 0.15) is 0 Å². The fourth-order valence-electron chi connectivity index (χ4n) is 3.27. The van der Waals surface area contributed by atoms with Crippen molar-refractivity contribution in [3.63, 3.8) is 0 Å². The predicted molar refractivity (Wildman–Crippen MR) is 98.9 cm³/mol. The van der Waals surface area contributed by atoms with Gasteiger partial charge in [0.25, 0.3) is 0 Å². The monoisotopic (exact) mass is 350 g/mol. The maximum Gasteiger partial charge on any atom is 0.222 e. The number of β-amino-alcohol motifs (C(OH)–C–C–N with tert-alkyl or cyclic N) is 1. The van der Waals surface area contributed by atoms with E-state index in [2.05, 4.69) is 25.3 Å². The van der Waals surface area contributed by atoms with E-state index in [4.69, 9.17) is 0 Å². The molecule has 1 aromatic carbocycles. The third kappa shape index (κ3) is 3.89. The third-order valence-electron chi connectivity index (χ3n) is 4.61. The first-order chi connectivity index (χ1) is 12.8. The van der Waals surface area contributed by atoms with Crippen LogP contribution >= 0.6 is 0 Å². The van der Waals surface area contributed by atoms with Crippen molar-refractivity contribution in [3.05, 3.63) is 66.7 Å². The number of rotatable bonds is 5. The Morgan fingerprint density at radius 2 is 1.92 bits per heavy atom. The number of anilines is 1. The molecule has 2 N–H and O–H groups in total. The fourth-order valence-corrected chi connectivity index (χ4v) is 3.27. The Labute approximate surface area is 152 Å². The number of nitrogens with zero attached hydrogens (tertiary/aromatic N) is 5. The molecule has 2 atom stereocenters. The van der Waals surface area contributed by atoms with Gasteiger partial charge in [-0.1, -0.05) is 18.2 Å². The number of piperidine rings is 1. The van der Waals surface area contributed by atoms with Crippen molar-refractivity contribution in [1.29, 1.82) is 0 Å². The van der Waals surface area contributed by atoms with Crippen molar-refractivity contribution < 1.29 is 5.11 Å². The van der Waals surface area contributed by atoms with Crippen LogP contribution in [0.2, 0.25) is 0 Å². The largest absolute Gasteiger partial charge is 0.390 e. The normalized spacial score (nSPS) is 20.8. The maximum atomic E-state index is 10.5. The van der Waals surface area contributed by atoms with Gasteiger partial charge < -0.3 is 10.4 Å². The highest BCUT2D eigenvalue weighted by molar-refractivity contribution is 5.31. The quantitative estimate of drug-likeness (QED) is 0.729. The Kier molecular flexibility index (Phi) is 4.90. The summed E-state index contributed by atoms with van der Waals surface area (Å²) in [5.74, 6) is 0.564. The number of hydrogen-bond donors (Lipinski definition) is 2. The van der Waals surface area contributed by atoms with E-state index < -0.39 is 6.10 Å². The molecule has 3 aromatic rings. The lowest BCUT2D eigenvalue weighted by Crippen LogP contribution is -2.49. The average molecular weight is 350 g/mol. The van der Waals surface area contributed by atoms with Gasteiger partial charge in [-0.2, -0.15) is 5.10 Å². The first kappa shape index (κ1) is 16.7. The zero-order valence-electron chi connectivity index (χ0n) is 14.4. The molecule has 0 aliphatic carbocycles. The van der Waals surface area contributed by atoms with Crippen LogP contribution in [0.15, 0.2) is 61.2 Å². The molecule has 0 amide bonds. The molecule has 1 saturated heterocycles. The Hall–Kier alpha value is -2.77. The SMILES string of the molecule is O[C@@H]1CN(Cc2cnn(-c3ccccc3)c2)CC[C@H]1Nc1ncccn1. The van der Waals surface area contributed by atoms with Crippen LogP contribution in [0.3, 0.4) is 0 Å². The second-order valence-electron chi connectivity index (χ2n) is 6.54. The van der Waals surface area contributed by atoms with Gasteiger partial charge in [-0.15, -0.1) is 0 Å². The summed E-state index contributed by atoms with van der Waals surface area (Å²) in [5.41, 5.74) is 2.18.